The van der Waals surface area contributed by atoms with Gasteiger partial charge in [-0.3, -0.25) is 48.0 Å². The molecule has 10 N–H and O–H groups in total. The number of amides is 6. The molecule has 6 amide bonds. The highest BCUT2D eigenvalue weighted by molar-refractivity contribution is 7.86. The molecule has 0 aliphatic heterocycles. The third kappa shape index (κ3) is 11.5. The first kappa shape index (κ1) is 53.6. The van der Waals surface area contributed by atoms with Crippen molar-refractivity contribution in [3.63, 3.8) is 0 Å². The van der Waals surface area contributed by atoms with Gasteiger partial charge in [0.2, 0.25) is 0 Å². The molecule has 27 nitrogen and oxygen atoms in total. The second-order valence-corrected chi connectivity index (χ2v) is 22.6. The highest BCUT2D eigenvalue weighted by Crippen LogP contribution is 2.33. The standard InChI is InChI=1S/C45H40N10O17S4/c1-52-19-25(41(56)46-35-17-31(75(67,68)69)9-23-5-7-29(15-33(23)35)73(61,62)63)11-37(52)48-43(58)27-13-39(54(3)21-27)50-45(60)51-40-14-28(22-55(40)4)44(59)49-38-12-26(20-53(38)2)42(57)47-36-18-32(76(70,71)72)10-24-6-8-30(16-34(24)36)74(64,65)66/h5-22H,1-4H3,(H,46,56)(H,47,57)(H,48,58)(H,49,59)(H2,50,51,60)(H,61,62,63)(H,64,65,66)(H,67,68,69)(H,70,71,72). The fraction of sp³-hybridized carbons (Fsp3) is 0.0889. The van der Waals surface area contributed by atoms with Crippen molar-refractivity contribution in [2.75, 3.05) is 31.9 Å². The van der Waals surface area contributed by atoms with Gasteiger partial charge in [0.25, 0.3) is 64.1 Å². The first-order chi connectivity index (χ1) is 35.3. The van der Waals surface area contributed by atoms with E-state index in [1.165, 1.54) is 108 Å². The minimum absolute atomic E-state index is 0.00177. The minimum atomic E-state index is -4.80. The lowest BCUT2D eigenvalue weighted by molar-refractivity contribution is 0.101. The molecule has 0 saturated heterocycles. The zero-order chi connectivity index (χ0) is 55.6. The molecule has 0 fully saturated rings. The van der Waals surface area contributed by atoms with E-state index in [2.05, 4.69) is 31.9 Å². The van der Waals surface area contributed by atoms with Gasteiger partial charge in [0.15, 0.2) is 0 Å². The molecular weight excluding hydrogens is 1080 g/mol. The number of hydrogen-bond donors (Lipinski definition) is 10. The van der Waals surface area contributed by atoms with Crippen molar-refractivity contribution in [1.29, 1.82) is 0 Å². The normalized spacial score (nSPS) is 12.1. The number of urea groups is 1. The lowest BCUT2D eigenvalue weighted by Gasteiger charge is -2.11. The van der Waals surface area contributed by atoms with Crippen LogP contribution in [-0.4, -0.2) is 99.8 Å². The van der Waals surface area contributed by atoms with E-state index < -0.39 is 89.7 Å². The summed E-state index contributed by atoms with van der Waals surface area (Å²) in [6, 6.07) is 14.7. The predicted octanol–water partition coefficient (Wildman–Crippen LogP) is 4.99. The van der Waals surface area contributed by atoms with Gasteiger partial charge < -0.3 is 39.5 Å². The van der Waals surface area contributed by atoms with Crippen molar-refractivity contribution in [2.45, 2.75) is 19.6 Å². The van der Waals surface area contributed by atoms with Crippen molar-refractivity contribution in [3.8, 4) is 0 Å². The number of aryl methyl sites for hydroxylation is 4. The molecule has 4 heterocycles. The Balaban J connectivity index is 0.902. The molecule has 8 aromatic rings. The zero-order valence-electron chi connectivity index (χ0n) is 39.4. The Hall–Kier alpha value is -8.69. The molecule has 4 aromatic carbocycles. The molecule has 31 heteroatoms. The monoisotopic (exact) mass is 1120 g/mol. The summed E-state index contributed by atoms with van der Waals surface area (Å²) in [5.41, 5.74) is -0.465. The average Bonchev–Trinajstić information content (AvgIpc) is 4.09. The molecule has 0 radical (unpaired) electrons. The number of aromatic nitrogens is 4. The average molecular weight is 1120 g/mol. The largest absolute Gasteiger partial charge is 0.337 e. The zero-order valence-corrected chi connectivity index (χ0v) is 42.7. The Bertz CT molecular complexity index is 4020. The second kappa shape index (κ2) is 19.5. The molecular formula is C45H40N10O17S4. The van der Waals surface area contributed by atoms with Gasteiger partial charge in [-0.1, -0.05) is 12.1 Å². The van der Waals surface area contributed by atoms with Gasteiger partial charge in [0, 0.05) is 63.8 Å². The first-order valence-corrected chi connectivity index (χ1v) is 27.1. The Morgan fingerprint density at radius 2 is 0.632 bits per heavy atom. The molecule has 0 saturated carbocycles. The molecule has 396 valence electrons. The van der Waals surface area contributed by atoms with Gasteiger partial charge in [0.1, 0.15) is 23.3 Å². The van der Waals surface area contributed by atoms with E-state index in [-0.39, 0.29) is 78.4 Å². The summed E-state index contributed by atoms with van der Waals surface area (Å²) in [7, 11) is -13.0. The number of carbonyl (C=O) groups excluding carboxylic acids is 5. The topological polar surface area (TPSA) is 395 Å². The van der Waals surface area contributed by atoms with Gasteiger partial charge in [-0.25, -0.2) is 4.79 Å². The summed E-state index contributed by atoms with van der Waals surface area (Å²) in [5, 5.41) is 15.6. The fourth-order valence-electron chi connectivity index (χ4n) is 7.73. The maximum absolute atomic E-state index is 13.5. The Labute approximate surface area is 430 Å². The molecule has 8 rings (SSSR count). The smallest absolute Gasteiger partial charge is 0.325 e. The van der Waals surface area contributed by atoms with Crippen LogP contribution >= 0.6 is 0 Å². The van der Waals surface area contributed by atoms with Crippen LogP contribution in [0, 0.1) is 0 Å². The van der Waals surface area contributed by atoms with Gasteiger partial charge >= 0.3 is 6.03 Å². The Morgan fingerprint density at radius 3 is 0.921 bits per heavy atom. The molecule has 76 heavy (non-hydrogen) atoms. The number of nitrogens with zero attached hydrogens (tertiary/aromatic N) is 4. The summed E-state index contributed by atoms with van der Waals surface area (Å²) >= 11 is 0. The maximum atomic E-state index is 13.5. The highest BCUT2D eigenvalue weighted by Gasteiger charge is 2.24. The summed E-state index contributed by atoms with van der Waals surface area (Å²) < 4.78 is 140. The van der Waals surface area contributed by atoms with Gasteiger partial charge in [0.05, 0.1) is 53.2 Å². The maximum Gasteiger partial charge on any atom is 0.325 e. The van der Waals surface area contributed by atoms with Crippen molar-refractivity contribution in [3.05, 3.63) is 132 Å². The van der Waals surface area contributed by atoms with E-state index in [9.17, 15) is 75.9 Å². The Kier molecular flexibility index (Phi) is 13.8. The van der Waals surface area contributed by atoms with Crippen LogP contribution in [0.1, 0.15) is 41.4 Å². The molecule has 0 aliphatic rings. The second-order valence-electron chi connectivity index (χ2n) is 16.9. The van der Waals surface area contributed by atoms with Crippen LogP contribution in [0.4, 0.5) is 39.4 Å². The lowest BCUT2D eigenvalue weighted by atomic mass is 10.1. The van der Waals surface area contributed by atoms with Crippen LogP contribution in [0.2, 0.25) is 0 Å². The number of rotatable bonds is 14. The van der Waals surface area contributed by atoms with Crippen molar-refractivity contribution in [2.24, 2.45) is 28.2 Å². The van der Waals surface area contributed by atoms with Crippen LogP contribution in [0.15, 0.2) is 129 Å². The third-order valence-electron chi connectivity index (χ3n) is 11.5. The van der Waals surface area contributed by atoms with E-state index in [0.717, 1.165) is 48.5 Å². The van der Waals surface area contributed by atoms with Gasteiger partial charge in [-0.2, -0.15) is 33.7 Å². The van der Waals surface area contributed by atoms with E-state index in [1.54, 1.807) is 0 Å². The first-order valence-electron chi connectivity index (χ1n) is 21.4. The highest BCUT2D eigenvalue weighted by atomic mass is 32.2. The van der Waals surface area contributed by atoms with Crippen LogP contribution in [-0.2, 0) is 68.7 Å². The van der Waals surface area contributed by atoms with Crippen LogP contribution in [0.25, 0.3) is 21.5 Å². The summed E-state index contributed by atoms with van der Waals surface area (Å²) in [5.74, 6) is -2.54. The number of carbonyl (C=O) groups is 5. The molecule has 4 aromatic heterocycles. The summed E-state index contributed by atoms with van der Waals surface area (Å²) in [6.45, 7) is 0. The molecule has 0 aliphatic carbocycles. The molecule has 0 bridgehead atoms. The third-order valence-corrected chi connectivity index (χ3v) is 14.9. The SMILES string of the molecule is Cn1cc(C(=O)Nc2cc(C(=O)Nc3cc(S(=O)(=O)O)cc4ccc(S(=O)(=O)O)cc34)cn2C)cc1NC(=O)Nc1cc(C(=O)Nc2cc(C(=O)Nc3cc(S(=O)(=O)O)cc4ccc(S(=O)(=O)O)cc34)cn2C)cn1C. The number of benzene rings is 4. The number of nitrogens with one attached hydrogen (secondary N) is 6. The summed E-state index contributed by atoms with van der Waals surface area (Å²) in [4.78, 5) is 64.7. The minimum Gasteiger partial charge on any atom is -0.337 e. The number of hydrogen-bond acceptors (Lipinski definition) is 13. The van der Waals surface area contributed by atoms with Crippen molar-refractivity contribution >= 4 is 126 Å². The lowest BCUT2D eigenvalue weighted by Crippen LogP contribution is -2.22. The number of anilines is 6. The van der Waals surface area contributed by atoms with E-state index >= 15 is 0 Å². The van der Waals surface area contributed by atoms with Crippen LogP contribution in [0.5, 0.6) is 0 Å². The summed E-state index contributed by atoms with van der Waals surface area (Å²) in [6.07, 6.45) is 5.43. The quantitative estimate of drug-likeness (QED) is 0.0641. The van der Waals surface area contributed by atoms with Crippen LogP contribution in [0.3, 0.4) is 0 Å². The van der Waals surface area contributed by atoms with Crippen molar-refractivity contribution in [1.82, 2.24) is 18.3 Å². The predicted molar refractivity (Wildman–Crippen MR) is 273 cm³/mol. The molecule has 0 unspecified atom stereocenters. The van der Waals surface area contributed by atoms with E-state index in [4.69, 9.17) is 0 Å². The van der Waals surface area contributed by atoms with E-state index in [0.29, 0.717) is 0 Å². The van der Waals surface area contributed by atoms with Crippen molar-refractivity contribution < 1.29 is 75.9 Å². The van der Waals surface area contributed by atoms with Crippen LogP contribution < -0.4 is 31.9 Å². The van der Waals surface area contributed by atoms with E-state index in [1.807, 2.05) is 0 Å². The van der Waals surface area contributed by atoms with Gasteiger partial charge in [-0.05, 0) is 83.6 Å². The number of fused-ring (bicyclic) bond motifs is 2. The Morgan fingerprint density at radius 1 is 0.355 bits per heavy atom. The fourth-order valence-corrected chi connectivity index (χ4v) is 9.83. The molecule has 0 atom stereocenters. The van der Waals surface area contributed by atoms with Gasteiger partial charge in [-0.15, -0.1) is 0 Å². The molecule has 0 spiro atoms.